The van der Waals surface area contributed by atoms with Gasteiger partial charge in [-0.05, 0) is 25.0 Å². The van der Waals surface area contributed by atoms with Crippen LogP contribution in [-0.4, -0.2) is 36.5 Å². The van der Waals surface area contributed by atoms with Gasteiger partial charge in [0.25, 0.3) is 0 Å². The van der Waals surface area contributed by atoms with Gasteiger partial charge in [0, 0.05) is 19.3 Å². The summed E-state index contributed by atoms with van der Waals surface area (Å²) in [6.07, 6.45) is 3.94. The summed E-state index contributed by atoms with van der Waals surface area (Å²) in [6.45, 7) is 0.809. The van der Waals surface area contributed by atoms with Gasteiger partial charge < -0.3 is 16.0 Å². The second-order valence-corrected chi connectivity index (χ2v) is 4.44. The summed E-state index contributed by atoms with van der Waals surface area (Å²) < 4.78 is 0. The standard InChI is InChI=1S/C13H19N5O.HI/c1-14-13(16-8-11-4-2-3-7-15-11)17-9-12(19)18-10-5-6-10;/h2-4,7,10H,5-6,8-9H2,1H3,(H,18,19)(H2,14,16,17);1H. The number of guanidine groups is 1. The first-order chi connectivity index (χ1) is 9.28. The third kappa shape index (κ3) is 6.18. The molecule has 1 saturated carbocycles. The fourth-order valence-corrected chi connectivity index (χ4v) is 1.57. The Morgan fingerprint density at radius 1 is 1.40 bits per heavy atom. The molecule has 7 heteroatoms. The average Bonchev–Trinajstić information content (AvgIpc) is 3.24. The topological polar surface area (TPSA) is 78.4 Å². The normalized spacial score (nSPS) is 14.2. The first-order valence-corrected chi connectivity index (χ1v) is 6.41. The van der Waals surface area contributed by atoms with Crippen molar-refractivity contribution < 1.29 is 4.79 Å². The first-order valence-electron chi connectivity index (χ1n) is 6.41. The summed E-state index contributed by atoms with van der Waals surface area (Å²) in [4.78, 5) is 19.8. The molecule has 0 bridgehead atoms. The van der Waals surface area contributed by atoms with Crippen LogP contribution < -0.4 is 16.0 Å². The van der Waals surface area contributed by atoms with Gasteiger partial charge in [-0.1, -0.05) is 6.07 Å². The van der Waals surface area contributed by atoms with Crippen LogP contribution in [0.15, 0.2) is 29.4 Å². The Labute approximate surface area is 135 Å². The lowest BCUT2D eigenvalue weighted by Gasteiger charge is -2.11. The van der Waals surface area contributed by atoms with Gasteiger partial charge in [-0.25, -0.2) is 0 Å². The van der Waals surface area contributed by atoms with E-state index in [9.17, 15) is 4.79 Å². The molecule has 1 amide bonds. The van der Waals surface area contributed by atoms with Crippen molar-refractivity contribution >= 4 is 35.8 Å². The van der Waals surface area contributed by atoms with Crippen LogP contribution in [0.25, 0.3) is 0 Å². The Morgan fingerprint density at radius 3 is 2.80 bits per heavy atom. The van der Waals surface area contributed by atoms with Gasteiger partial charge in [-0.15, -0.1) is 24.0 Å². The molecule has 1 fully saturated rings. The molecule has 1 aliphatic rings. The van der Waals surface area contributed by atoms with Crippen molar-refractivity contribution in [1.82, 2.24) is 20.9 Å². The molecule has 1 aromatic heterocycles. The van der Waals surface area contributed by atoms with Gasteiger partial charge in [-0.2, -0.15) is 0 Å². The van der Waals surface area contributed by atoms with E-state index in [2.05, 4.69) is 25.9 Å². The van der Waals surface area contributed by atoms with E-state index in [1.165, 1.54) is 0 Å². The summed E-state index contributed by atoms with van der Waals surface area (Å²) in [5.41, 5.74) is 0.924. The van der Waals surface area contributed by atoms with E-state index in [0.29, 0.717) is 18.5 Å². The number of hydrogen-bond acceptors (Lipinski definition) is 3. The number of nitrogens with one attached hydrogen (secondary N) is 3. The maximum absolute atomic E-state index is 11.5. The van der Waals surface area contributed by atoms with Crippen LogP contribution in [0.3, 0.4) is 0 Å². The maximum atomic E-state index is 11.5. The summed E-state index contributed by atoms with van der Waals surface area (Å²) >= 11 is 0. The number of pyridine rings is 1. The van der Waals surface area contributed by atoms with Crippen LogP contribution in [0.4, 0.5) is 0 Å². The van der Waals surface area contributed by atoms with E-state index >= 15 is 0 Å². The summed E-state index contributed by atoms with van der Waals surface area (Å²) in [5, 5.41) is 8.99. The largest absolute Gasteiger partial charge is 0.352 e. The number of hydrogen-bond donors (Lipinski definition) is 3. The molecule has 0 unspecified atom stereocenters. The summed E-state index contributed by atoms with van der Waals surface area (Å²) in [6, 6.07) is 6.13. The van der Waals surface area contributed by atoms with E-state index in [1.54, 1.807) is 13.2 Å². The van der Waals surface area contributed by atoms with Gasteiger partial charge in [0.1, 0.15) is 0 Å². The fraction of sp³-hybridized carbons (Fsp3) is 0.462. The Hall–Kier alpha value is -1.38. The number of rotatable bonds is 5. The highest BCUT2D eigenvalue weighted by Gasteiger charge is 2.22. The molecule has 0 aliphatic heterocycles. The predicted octanol–water partition coefficient (Wildman–Crippen LogP) is 0.643. The van der Waals surface area contributed by atoms with Crippen LogP contribution in [-0.2, 0) is 11.3 Å². The monoisotopic (exact) mass is 389 g/mol. The summed E-state index contributed by atoms with van der Waals surface area (Å²) in [7, 11) is 1.67. The molecule has 3 N–H and O–H groups in total. The zero-order valence-corrected chi connectivity index (χ0v) is 13.8. The van der Waals surface area contributed by atoms with Gasteiger partial charge in [-0.3, -0.25) is 14.8 Å². The molecule has 0 spiro atoms. The van der Waals surface area contributed by atoms with E-state index in [4.69, 9.17) is 0 Å². The number of aliphatic imine (C=N–C) groups is 1. The summed E-state index contributed by atoms with van der Waals surface area (Å²) in [5.74, 6) is 0.597. The Bertz CT molecular complexity index is 447. The number of carbonyl (C=O) groups excluding carboxylic acids is 1. The van der Waals surface area contributed by atoms with E-state index < -0.39 is 0 Å². The molecule has 0 radical (unpaired) electrons. The molecule has 0 atom stereocenters. The average molecular weight is 389 g/mol. The van der Waals surface area contributed by atoms with Crippen molar-refractivity contribution in [3.05, 3.63) is 30.1 Å². The molecule has 1 aliphatic carbocycles. The number of halogens is 1. The lowest BCUT2D eigenvalue weighted by molar-refractivity contribution is -0.120. The Morgan fingerprint density at radius 2 is 2.20 bits per heavy atom. The Balaban J connectivity index is 0.00000200. The number of carbonyl (C=O) groups is 1. The molecule has 20 heavy (non-hydrogen) atoms. The first kappa shape index (κ1) is 16.7. The maximum Gasteiger partial charge on any atom is 0.239 e. The molecular weight excluding hydrogens is 369 g/mol. The van der Waals surface area contributed by atoms with Crippen molar-refractivity contribution in [3.63, 3.8) is 0 Å². The number of aromatic nitrogens is 1. The van der Waals surface area contributed by atoms with E-state index in [-0.39, 0.29) is 36.4 Å². The molecular formula is C13H20IN5O. The fourth-order valence-electron chi connectivity index (χ4n) is 1.57. The van der Waals surface area contributed by atoms with Crippen LogP contribution in [0.2, 0.25) is 0 Å². The second kappa shape index (κ2) is 8.72. The molecule has 110 valence electrons. The van der Waals surface area contributed by atoms with Crippen molar-refractivity contribution in [2.45, 2.75) is 25.4 Å². The molecule has 1 heterocycles. The highest BCUT2D eigenvalue weighted by molar-refractivity contribution is 14.0. The van der Waals surface area contributed by atoms with Crippen molar-refractivity contribution in [2.75, 3.05) is 13.6 Å². The van der Waals surface area contributed by atoms with Gasteiger partial charge in [0.2, 0.25) is 5.91 Å². The highest BCUT2D eigenvalue weighted by atomic mass is 127. The Kier molecular flexibility index (Phi) is 7.27. The third-order valence-electron chi connectivity index (χ3n) is 2.75. The minimum absolute atomic E-state index is 0. The van der Waals surface area contributed by atoms with Crippen LogP contribution in [0.1, 0.15) is 18.5 Å². The predicted molar refractivity (Wildman–Crippen MR) is 89.0 cm³/mol. The smallest absolute Gasteiger partial charge is 0.239 e. The van der Waals surface area contributed by atoms with Crippen LogP contribution >= 0.6 is 24.0 Å². The van der Waals surface area contributed by atoms with Gasteiger partial charge >= 0.3 is 0 Å². The SMILES string of the molecule is CN=C(NCC(=O)NC1CC1)NCc1ccccn1.I. The minimum Gasteiger partial charge on any atom is -0.352 e. The lowest BCUT2D eigenvalue weighted by atomic mass is 10.3. The highest BCUT2D eigenvalue weighted by Crippen LogP contribution is 2.18. The van der Waals surface area contributed by atoms with E-state index in [1.807, 2.05) is 18.2 Å². The lowest BCUT2D eigenvalue weighted by Crippen LogP contribution is -2.43. The third-order valence-corrected chi connectivity index (χ3v) is 2.75. The molecule has 0 aromatic carbocycles. The quantitative estimate of drug-likeness (QED) is 0.393. The molecule has 1 aromatic rings. The zero-order chi connectivity index (χ0) is 13.5. The molecule has 6 nitrogen and oxygen atoms in total. The zero-order valence-electron chi connectivity index (χ0n) is 11.4. The number of amides is 1. The van der Waals surface area contributed by atoms with Gasteiger partial charge in [0.05, 0.1) is 18.8 Å². The van der Waals surface area contributed by atoms with E-state index in [0.717, 1.165) is 18.5 Å². The van der Waals surface area contributed by atoms with Gasteiger partial charge in [0.15, 0.2) is 5.96 Å². The second-order valence-electron chi connectivity index (χ2n) is 4.44. The number of nitrogens with zero attached hydrogens (tertiary/aromatic N) is 2. The molecule has 2 rings (SSSR count). The van der Waals surface area contributed by atoms with Crippen molar-refractivity contribution in [2.24, 2.45) is 4.99 Å². The minimum atomic E-state index is 0. The van der Waals surface area contributed by atoms with Crippen molar-refractivity contribution in [1.29, 1.82) is 0 Å². The van der Waals surface area contributed by atoms with Crippen LogP contribution in [0.5, 0.6) is 0 Å². The van der Waals surface area contributed by atoms with Crippen molar-refractivity contribution in [3.8, 4) is 0 Å². The van der Waals surface area contributed by atoms with Crippen LogP contribution in [0, 0.1) is 0 Å². The molecule has 0 saturated heterocycles.